The van der Waals surface area contributed by atoms with Gasteiger partial charge in [0.1, 0.15) is 5.82 Å². The number of carbonyl (C=O) groups excluding carboxylic acids is 1. The summed E-state index contributed by atoms with van der Waals surface area (Å²) in [5.41, 5.74) is 7.38. The molecule has 1 aromatic heterocycles. The summed E-state index contributed by atoms with van der Waals surface area (Å²) >= 11 is 0. The number of ether oxygens (including phenoxy) is 2. The van der Waals surface area contributed by atoms with Crippen LogP contribution in [-0.2, 0) is 12.8 Å². The number of anilines is 2. The van der Waals surface area contributed by atoms with Crippen molar-refractivity contribution in [3.63, 3.8) is 0 Å². The molecule has 6 rings (SSSR count). The van der Waals surface area contributed by atoms with Crippen LogP contribution in [0.3, 0.4) is 0 Å². The Morgan fingerprint density at radius 1 is 0.935 bits per heavy atom. The van der Waals surface area contributed by atoms with Gasteiger partial charge in [0.25, 0.3) is 5.91 Å². The number of para-hydroxylation sites is 2. The highest BCUT2D eigenvalue weighted by atomic mass is 19.1. The zero-order valence-corrected chi connectivity index (χ0v) is 26.5. The van der Waals surface area contributed by atoms with Crippen LogP contribution in [0.1, 0.15) is 45.2 Å². The van der Waals surface area contributed by atoms with Gasteiger partial charge < -0.3 is 20.1 Å². The lowest BCUT2D eigenvalue weighted by Gasteiger charge is -2.38. The van der Waals surface area contributed by atoms with Gasteiger partial charge in [-0.15, -0.1) is 0 Å². The van der Waals surface area contributed by atoms with E-state index in [9.17, 15) is 9.18 Å². The van der Waals surface area contributed by atoms with Crippen LogP contribution < -0.4 is 20.1 Å². The summed E-state index contributed by atoms with van der Waals surface area (Å²) in [5.74, 6) is 1.04. The highest BCUT2D eigenvalue weighted by molar-refractivity contribution is 6.02. The Morgan fingerprint density at radius 3 is 2.54 bits per heavy atom. The summed E-state index contributed by atoms with van der Waals surface area (Å²) in [4.78, 5) is 20.6. The zero-order chi connectivity index (χ0) is 32.0. The van der Waals surface area contributed by atoms with Crippen molar-refractivity contribution in [2.75, 3.05) is 39.2 Å². The van der Waals surface area contributed by atoms with Gasteiger partial charge in [-0.1, -0.05) is 42.5 Å². The molecule has 0 aliphatic carbocycles. The van der Waals surface area contributed by atoms with E-state index in [4.69, 9.17) is 9.47 Å². The van der Waals surface area contributed by atoms with Crippen molar-refractivity contribution in [2.24, 2.45) is 0 Å². The fraction of sp³-hybridized carbons (Fsp3) is 0.263. The van der Waals surface area contributed by atoms with Crippen LogP contribution in [-0.4, -0.2) is 49.6 Å². The van der Waals surface area contributed by atoms with Crippen LogP contribution in [0, 0.1) is 12.7 Å². The van der Waals surface area contributed by atoms with Gasteiger partial charge in [-0.05, 0) is 91.4 Å². The average molecular weight is 619 g/mol. The molecule has 5 aromatic rings. The second-order valence-electron chi connectivity index (χ2n) is 11.6. The second kappa shape index (κ2) is 14.0. The molecule has 236 valence electrons. The van der Waals surface area contributed by atoms with Crippen molar-refractivity contribution in [3.05, 3.63) is 125 Å². The van der Waals surface area contributed by atoms with Crippen LogP contribution in [0.25, 0.3) is 10.9 Å². The molecular formula is C38H39FN4O3. The van der Waals surface area contributed by atoms with Crippen LogP contribution in [0.4, 0.5) is 15.8 Å². The number of fused-ring (bicyclic) bond motifs is 2. The molecule has 7 nitrogen and oxygen atoms in total. The minimum absolute atomic E-state index is 0.0703. The van der Waals surface area contributed by atoms with Crippen molar-refractivity contribution >= 4 is 28.2 Å². The maximum Gasteiger partial charge on any atom is 0.253 e. The Morgan fingerprint density at radius 2 is 1.72 bits per heavy atom. The minimum Gasteiger partial charge on any atom is -0.493 e. The predicted octanol–water partition coefficient (Wildman–Crippen LogP) is 7.41. The zero-order valence-electron chi connectivity index (χ0n) is 26.5. The van der Waals surface area contributed by atoms with E-state index in [0.29, 0.717) is 30.2 Å². The molecule has 0 fully saturated rings. The van der Waals surface area contributed by atoms with Gasteiger partial charge in [0.15, 0.2) is 11.5 Å². The summed E-state index contributed by atoms with van der Waals surface area (Å²) in [7, 11) is 3.30. The normalized spacial score (nSPS) is 14.5. The van der Waals surface area contributed by atoms with E-state index in [2.05, 4.69) is 32.7 Å². The van der Waals surface area contributed by atoms with Crippen molar-refractivity contribution < 1.29 is 18.7 Å². The summed E-state index contributed by atoms with van der Waals surface area (Å²) in [6, 6.07) is 28.5. The molecule has 1 aliphatic heterocycles. The molecule has 0 radical (unpaired) electrons. The molecule has 8 heteroatoms. The summed E-state index contributed by atoms with van der Waals surface area (Å²) < 4.78 is 25.2. The van der Waals surface area contributed by atoms with Crippen LogP contribution >= 0.6 is 0 Å². The molecule has 0 spiro atoms. The standard InChI is InChI=1S/C38H39FN4O3/c1-25-21-34(29-11-4-6-13-32(29)41-25)42-33-14-7-5-12-30(33)38(44)40-18-20-43-19-17-27-23-36(45-2)37(46-3)24-31(27)35(43)16-15-26-9-8-10-28(39)22-26/h4-14,21-24,35H,15-20H2,1-3H3,(H,40,44)(H,41,42). The van der Waals surface area contributed by atoms with E-state index in [1.807, 2.05) is 67.6 Å². The number of aryl methyl sites for hydroxylation is 2. The van der Waals surface area contributed by atoms with Gasteiger partial charge in [0.2, 0.25) is 0 Å². The monoisotopic (exact) mass is 618 g/mol. The number of aromatic nitrogens is 1. The fourth-order valence-corrected chi connectivity index (χ4v) is 6.44. The maximum atomic E-state index is 14.0. The highest BCUT2D eigenvalue weighted by Crippen LogP contribution is 2.40. The third-order valence-corrected chi connectivity index (χ3v) is 8.68. The van der Waals surface area contributed by atoms with Crippen molar-refractivity contribution in [2.45, 2.75) is 32.2 Å². The first-order valence-corrected chi connectivity index (χ1v) is 15.7. The second-order valence-corrected chi connectivity index (χ2v) is 11.6. The number of nitrogens with one attached hydrogen (secondary N) is 2. The fourth-order valence-electron chi connectivity index (χ4n) is 6.44. The Labute approximate surface area is 269 Å². The predicted molar refractivity (Wildman–Crippen MR) is 181 cm³/mol. The highest BCUT2D eigenvalue weighted by Gasteiger charge is 2.29. The van der Waals surface area contributed by atoms with Crippen molar-refractivity contribution in [1.82, 2.24) is 15.2 Å². The molecule has 1 aliphatic rings. The number of rotatable bonds is 11. The minimum atomic E-state index is -0.227. The van der Waals surface area contributed by atoms with E-state index in [1.165, 1.54) is 17.2 Å². The molecule has 0 saturated carbocycles. The number of amides is 1. The number of hydrogen-bond donors (Lipinski definition) is 2. The van der Waals surface area contributed by atoms with Gasteiger partial charge in [0.05, 0.1) is 31.0 Å². The molecule has 4 aromatic carbocycles. The van der Waals surface area contributed by atoms with Crippen LogP contribution in [0.15, 0.2) is 91.0 Å². The summed E-state index contributed by atoms with van der Waals surface area (Å²) in [6.45, 7) is 3.94. The Balaban J connectivity index is 1.18. The quantitative estimate of drug-likeness (QED) is 0.161. The van der Waals surface area contributed by atoms with Gasteiger partial charge in [-0.2, -0.15) is 0 Å². The number of hydrogen-bond acceptors (Lipinski definition) is 6. The van der Waals surface area contributed by atoms with E-state index in [-0.39, 0.29) is 17.8 Å². The molecule has 0 bridgehead atoms. The summed E-state index contributed by atoms with van der Waals surface area (Å²) in [5, 5.41) is 7.64. The Kier molecular flexibility index (Phi) is 9.45. The van der Waals surface area contributed by atoms with E-state index in [1.54, 1.807) is 26.4 Å². The molecule has 46 heavy (non-hydrogen) atoms. The van der Waals surface area contributed by atoms with Crippen molar-refractivity contribution in [1.29, 1.82) is 0 Å². The van der Waals surface area contributed by atoms with E-state index in [0.717, 1.165) is 59.3 Å². The van der Waals surface area contributed by atoms with Gasteiger partial charge in [0, 0.05) is 42.4 Å². The number of carbonyl (C=O) groups is 1. The van der Waals surface area contributed by atoms with E-state index < -0.39 is 0 Å². The van der Waals surface area contributed by atoms with E-state index >= 15 is 0 Å². The number of pyridine rings is 1. The largest absolute Gasteiger partial charge is 0.493 e. The lowest BCUT2D eigenvalue weighted by molar-refractivity contribution is 0.0941. The SMILES string of the molecule is COc1cc2c(cc1OC)C(CCc1cccc(F)c1)N(CCNC(=O)c1ccccc1Nc1cc(C)nc3ccccc13)CC2. The van der Waals surface area contributed by atoms with Crippen LogP contribution in [0.2, 0.25) is 0 Å². The van der Waals surface area contributed by atoms with Crippen molar-refractivity contribution in [3.8, 4) is 11.5 Å². The number of nitrogens with zero attached hydrogens (tertiary/aromatic N) is 2. The molecule has 0 saturated heterocycles. The third-order valence-electron chi connectivity index (χ3n) is 8.68. The van der Waals surface area contributed by atoms with Gasteiger partial charge >= 0.3 is 0 Å². The van der Waals surface area contributed by atoms with Gasteiger partial charge in [-0.25, -0.2) is 4.39 Å². The smallest absolute Gasteiger partial charge is 0.253 e. The molecule has 1 unspecified atom stereocenters. The summed E-state index contributed by atoms with van der Waals surface area (Å²) in [6.07, 6.45) is 2.37. The first-order valence-electron chi connectivity index (χ1n) is 15.7. The van der Waals surface area contributed by atoms with Crippen LogP contribution in [0.5, 0.6) is 11.5 Å². The Bertz CT molecular complexity index is 1860. The first kappa shape index (κ1) is 31.0. The molecule has 2 N–H and O–H groups in total. The first-order chi connectivity index (χ1) is 22.4. The average Bonchev–Trinajstić information content (AvgIpc) is 3.07. The number of methoxy groups -OCH3 is 2. The number of halogens is 1. The number of benzene rings is 4. The Hall–Kier alpha value is -4.95. The maximum absolute atomic E-state index is 14.0. The molecule has 2 heterocycles. The van der Waals surface area contributed by atoms with Gasteiger partial charge in [-0.3, -0.25) is 14.7 Å². The molecule has 1 atom stereocenters. The lowest BCUT2D eigenvalue weighted by atomic mass is 9.88. The third kappa shape index (κ3) is 6.82. The lowest BCUT2D eigenvalue weighted by Crippen LogP contribution is -2.41. The topological polar surface area (TPSA) is 75.7 Å². The molecule has 1 amide bonds. The molecular weight excluding hydrogens is 579 g/mol.